The predicted octanol–water partition coefficient (Wildman–Crippen LogP) is 2.47. The Morgan fingerprint density at radius 1 is 1.22 bits per heavy atom. The molecule has 0 bridgehead atoms. The Morgan fingerprint density at radius 2 is 2.00 bits per heavy atom. The lowest BCUT2D eigenvalue weighted by molar-refractivity contribution is -0.119. The first kappa shape index (κ1) is 23.3. The minimum Gasteiger partial charge on any atom is -0.461 e. The van der Waals surface area contributed by atoms with Crippen LogP contribution in [-0.4, -0.2) is 45.5 Å². The molecular formula is C20H21F2N5O4S. The number of hydrogen-bond acceptors (Lipinski definition) is 7. The fraction of sp³-hybridized carbons (Fsp3) is 0.300. The van der Waals surface area contributed by atoms with E-state index in [1.165, 1.54) is 30.2 Å². The minimum atomic E-state index is -2.87. The average Bonchev–Trinajstić information content (AvgIpc) is 3.41. The molecular weight excluding hydrogens is 444 g/mol. The molecule has 3 N–H and O–H groups in total. The molecule has 0 aliphatic carbocycles. The third kappa shape index (κ3) is 6.80. The third-order valence-corrected chi connectivity index (χ3v) is 5.22. The first-order valence-corrected chi connectivity index (χ1v) is 10.6. The van der Waals surface area contributed by atoms with E-state index in [9.17, 15) is 18.4 Å². The molecule has 0 spiro atoms. The molecule has 0 saturated heterocycles. The molecule has 12 heteroatoms. The SMILES string of the molecule is NC(=O)CCn1c(SCC(=O)NCCc2ccc(OC(F)F)cc2)nnc1-c1ccco1. The van der Waals surface area contributed by atoms with Crippen LogP contribution >= 0.6 is 11.8 Å². The quantitative estimate of drug-likeness (QED) is 0.394. The van der Waals surface area contributed by atoms with Crippen molar-refractivity contribution < 1.29 is 27.5 Å². The standard InChI is InChI=1S/C20H21F2N5O4S/c21-19(22)31-14-5-3-13(4-6-14)7-9-24-17(29)12-32-20-26-25-18(15-2-1-11-30-15)27(20)10-8-16(23)28/h1-6,11,19H,7-10,12H2,(H2,23,28)(H,24,29). The number of carbonyl (C=O) groups is 2. The first-order chi connectivity index (χ1) is 15.4. The van der Waals surface area contributed by atoms with Crippen molar-refractivity contribution in [3.05, 3.63) is 48.2 Å². The van der Waals surface area contributed by atoms with Crippen molar-refractivity contribution >= 4 is 23.6 Å². The lowest BCUT2D eigenvalue weighted by Gasteiger charge is -2.09. The Labute approximate surface area is 186 Å². The molecule has 170 valence electrons. The molecule has 2 heterocycles. The van der Waals surface area contributed by atoms with Crippen LogP contribution in [0.1, 0.15) is 12.0 Å². The summed E-state index contributed by atoms with van der Waals surface area (Å²) < 4.78 is 35.7. The first-order valence-electron chi connectivity index (χ1n) is 9.61. The number of amides is 2. The number of halogens is 2. The molecule has 9 nitrogen and oxygen atoms in total. The van der Waals surface area contributed by atoms with Crippen LogP contribution in [-0.2, 0) is 22.6 Å². The van der Waals surface area contributed by atoms with E-state index >= 15 is 0 Å². The number of hydrogen-bond donors (Lipinski definition) is 2. The van der Waals surface area contributed by atoms with Gasteiger partial charge in [-0.1, -0.05) is 23.9 Å². The molecule has 0 radical (unpaired) electrons. The number of rotatable bonds is 12. The van der Waals surface area contributed by atoms with Gasteiger partial charge in [0, 0.05) is 19.5 Å². The van der Waals surface area contributed by atoms with E-state index < -0.39 is 12.5 Å². The summed E-state index contributed by atoms with van der Waals surface area (Å²) in [5.74, 6) is 0.428. The second kappa shape index (κ2) is 11.3. The van der Waals surface area contributed by atoms with Gasteiger partial charge in [-0.15, -0.1) is 10.2 Å². The average molecular weight is 465 g/mol. The van der Waals surface area contributed by atoms with Gasteiger partial charge in [0.15, 0.2) is 16.7 Å². The van der Waals surface area contributed by atoms with Crippen LogP contribution in [0, 0.1) is 0 Å². The fourth-order valence-electron chi connectivity index (χ4n) is 2.77. The van der Waals surface area contributed by atoms with E-state index in [4.69, 9.17) is 10.2 Å². The van der Waals surface area contributed by atoms with Crippen molar-refractivity contribution in [1.29, 1.82) is 0 Å². The van der Waals surface area contributed by atoms with E-state index in [0.29, 0.717) is 29.7 Å². The molecule has 1 aromatic carbocycles. The van der Waals surface area contributed by atoms with E-state index in [0.717, 1.165) is 5.56 Å². The van der Waals surface area contributed by atoms with Crippen LogP contribution in [0.2, 0.25) is 0 Å². The van der Waals surface area contributed by atoms with Gasteiger partial charge >= 0.3 is 6.61 Å². The molecule has 3 rings (SSSR count). The van der Waals surface area contributed by atoms with Crippen LogP contribution in [0.15, 0.2) is 52.2 Å². The second-order valence-corrected chi connectivity index (χ2v) is 7.51. The number of primary amides is 1. The molecule has 0 fully saturated rings. The number of aromatic nitrogens is 3. The van der Waals surface area contributed by atoms with Crippen LogP contribution in [0.25, 0.3) is 11.6 Å². The maximum atomic E-state index is 12.2. The number of carbonyl (C=O) groups excluding carboxylic acids is 2. The van der Waals surface area contributed by atoms with E-state index in [1.54, 1.807) is 28.8 Å². The Bertz CT molecular complexity index is 1030. The van der Waals surface area contributed by atoms with Gasteiger partial charge in [-0.2, -0.15) is 8.78 Å². The second-order valence-electron chi connectivity index (χ2n) is 6.56. The van der Waals surface area contributed by atoms with Gasteiger partial charge in [-0.25, -0.2) is 0 Å². The highest BCUT2D eigenvalue weighted by atomic mass is 32.2. The predicted molar refractivity (Wildman–Crippen MR) is 112 cm³/mol. The van der Waals surface area contributed by atoms with Gasteiger partial charge in [0.1, 0.15) is 5.75 Å². The summed E-state index contributed by atoms with van der Waals surface area (Å²) in [7, 11) is 0. The van der Waals surface area contributed by atoms with Crippen LogP contribution < -0.4 is 15.8 Å². The van der Waals surface area contributed by atoms with E-state index in [1.807, 2.05) is 0 Å². The molecule has 0 saturated carbocycles. The monoisotopic (exact) mass is 465 g/mol. The van der Waals surface area contributed by atoms with Gasteiger partial charge in [-0.3, -0.25) is 14.2 Å². The van der Waals surface area contributed by atoms with Crippen molar-refractivity contribution in [2.45, 2.75) is 31.2 Å². The molecule has 0 aliphatic heterocycles. The molecule has 0 aliphatic rings. The van der Waals surface area contributed by atoms with Crippen LogP contribution in [0.5, 0.6) is 5.75 Å². The number of thioether (sulfide) groups is 1. The number of nitrogens with two attached hydrogens (primary N) is 1. The summed E-state index contributed by atoms with van der Waals surface area (Å²) in [5.41, 5.74) is 6.12. The molecule has 0 atom stereocenters. The lowest BCUT2D eigenvalue weighted by Crippen LogP contribution is -2.27. The Balaban J connectivity index is 1.50. The Kier molecular flexibility index (Phi) is 8.20. The highest BCUT2D eigenvalue weighted by Gasteiger charge is 2.18. The van der Waals surface area contributed by atoms with E-state index in [-0.39, 0.29) is 30.4 Å². The van der Waals surface area contributed by atoms with Crippen LogP contribution in [0.4, 0.5) is 8.78 Å². The molecule has 0 unspecified atom stereocenters. The maximum Gasteiger partial charge on any atom is 0.387 e. The molecule has 3 aromatic rings. The number of alkyl halides is 2. The molecule has 2 amide bonds. The summed E-state index contributed by atoms with van der Waals surface area (Å²) in [6.07, 6.45) is 2.12. The van der Waals surface area contributed by atoms with Gasteiger partial charge in [0.25, 0.3) is 0 Å². The van der Waals surface area contributed by atoms with Crippen molar-refractivity contribution in [2.75, 3.05) is 12.3 Å². The van der Waals surface area contributed by atoms with Crippen molar-refractivity contribution in [3.63, 3.8) is 0 Å². The highest BCUT2D eigenvalue weighted by molar-refractivity contribution is 7.99. The fourth-order valence-corrected chi connectivity index (χ4v) is 3.57. The largest absolute Gasteiger partial charge is 0.461 e. The zero-order valence-corrected chi connectivity index (χ0v) is 17.7. The third-order valence-electron chi connectivity index (χ3n) is 4.26. The number of nitrogens with one attached hydrogen (secondary N) is 1. The molecule has 32 heavy (non-hydrogen) atoms. The summed E-state index contributed by atoms with van der Waals surface area (Å²) in [5, 5.41) is 11.4. The summed E-state index contributed by atoms with van der Waals surface area (Å²) in [6.45, 7) is -2.23. The zero-order valence-electron chi connectivity index (χ0n) is 16.9. The van der Waals surface area contributed by atoms with Gasteiger partial charge < -0.3 is 20.2 Å². The molecule has 2 aromatic heterocycles. The Morgan fingerprint density at radius 3 is 2.66 bits per heavy atom. The van der Waals surface area contributed by atoms with E-state index in [2.05, 4.69) is 20.3 Å². The summed E-state index contributed by atoms with van der Waals surface area (Å²) in [4.78, 5) is 23.4. The maximum absolute atomic E-state index is 12.2. The smallest absolute Gasteiger partial charge is 0.387 e. The zero-order chi connectivity index (χ0) is 22.9. The number of ether oxygens (including phenoxy) is 1. The highest BCUT2D eigenvalue weighted by Crippen LogP contribution is 2.24. The summed E-state index contributed by atoms with van der Waals surface area (Å²) in [6, 6.07) is 9.66. The summed E-state index contributed by atoms with van der Waals surface area (Å²) >= 11 is 1.17. The van der Waals surface area contributed by atoms with Gasteiger partial charge in [0.05, 0.1) is 12.0 Å². The minimum absolute atomic E-state index is 0.0820. The number of nitrogens with zero attached hydrogens (tertiary/aromatic N) is 3. The normalized spacial score (nSPS) is 11.0. The Hall–Kier alpha value is -3.41. The lowest BCUT2D eigenvalue weighted by atomic mass is 10.1. The number of furan rings is 1. The topological polar surface area (TPSA) is 125 Å². The van der Waals surface area contributed by atoms with Gasteiger partial charge in [0.2, 0.25) is 11.8 Å². The van der Waals surface area contributed by atoms with Crippen molar-refractivity contribution in [3.8, 4) is 17.3 Å². The van der Waals surface area contributed by atoms with Crippen molar-refractivity contribution in [1.82, 2.24) is 20.1 Å². The van der Waals surface area contributed by atoms with Crippen molar-refractivity contribution in [2.24, 2.45) is 5.73 Å². The van der Waals surface area contributed by atoms with Crippen LogP contribution in [0.3, 0.4) is 0 Å². The van der Waals surface area contributed by atoms with Gasteiger partial charge in [-0.05, 0) is 36.2 Å². The number of benzene rings is 1.